The number of allylic oxidation sites excluding steroid dienone is 4. The Bertz CT molecular complexity index is 1810. The number of rotatable bonds is 0. The first kappa shape index (κ1) is 34.6. The summed E-state index contributed by atoms with van der Waals surface area (Å²) in [6, 6.07) is 0.529. The van der Waals surface area contributed by atoms with Crippen LogP contribution in [0.5, 0.6) is 11.5 Å². The number of phenols is 1. The minimum atomic E-state index is -1.86. The Balaban J connectivity index is 1.42. The Morgan fingerprint density at radius 1 is 0.940 bits per heavy atom. The predicted octanol–water partition coefficient (Wildman–Crippen LogP) is 3.41. The summed E-state index contributed by atoms with van der Waals surface area (Å²) >= 11 is 0. The third kappa shape index (κ3) is 5.09. The first-order chi connectivity index (χ1) is 23.5. The van der Waals surface area contributed by atoms with Crippen molar-refractivity contribution in [2.45, 2.75) is 116 Å². The summed E-state index contributed by atoms with van der Waals surface area (Å²) in [7, 11) is 2.12. The van der Waals surface area contributed by atoms with Crippen LogP contribution in [0, 0.1) is 24.7 Å². The molecule has 8 rings (SSSR count). The van der Waals surface area contributed by atoms with Gasteiger partial charge in [-0.05, 0) is 40.7 Å². The number of aliphatic hydroxyl groups excluding tert-OH is 2. The monoisotopic (exact) mass is 688 g/mol. The molecule has 6 heterocycles. The molecule has 12 heteroatoms. The lowest BCUT2D eigenvalue weighted by molar-refractivity contribution is -0.180. The van der Waals surface area contributed by atoms with Crippen LogP contribution >= 0.6 is 0 Å². The Morgan fingerprint density at radius 2 is 1.60 bits per heavy atom. The highest BCUT2D eigenvalue weighted by Crippen LogP contribution is 2.52. The number of carbonyl (C=O) groups excluding carboxylic acids is 3. The Labute approximate surface area is 292 Å². The largest absolute Gasteiger partial charge is 0.507 e. The van der Waals surface area contributed by atoms with Crippen molar-refractivity contribution in [3.8, 4) is 11.5 Å². The second-order valence-corrected chi connectivity index (χ2v) is 15.5. The average molecular weight is 689 g/mol. The summed E-state index contributed by atoms with van der Waals surface area (Å²) in [6.07, 6.45) is 5.74. The van der Waals surface area contributed by atoms with Gasteiger partial charge in [-0.25, -0.2) is 0 Å². The van der Waals surface area contributed by atoms with Crippen molar-refractivity contribution >= 4 is 23.2 Å². The summed E-state index contributed by atoms with van der Waals surface area (Å²) in [4.78, 5) is 50.4. The fourth-order valence-electron chi connectivity index (χ4n) is 8.81. The van der Waals surface area contributed by atoms with E-state index in [1.807, 2.05) is 6.92 Å². The van der Waals surface area contributed by atoms with E-state index in [-0.39, 0.29) is 57.5 Å². The number of hydrogen-bond donors (Lipinski definition) is 5. The van der Waals surface area contributed by atoms with Gasteiger partial charge < -0.3 is 40.3 Å². The molecule has 7 bridgehead atoms. The lowest BCUT2D eigenvalue weighted by Gasteiger charge is -2.41. The second kappa shape index (κ2) is 11.9. The molecule has 0 aromatic heterocycles. The van der Waals surface area contributed by atoms with E-state index in [0.29, 0.717) is 29.8 Å². The average Bonchev–Trinajstić information content (AvgIpc) is 3.63. The maximum absolute atomic E-state index is 14.6. The normalized spacial score (nSPS) is 40.3. The highest BCUT2D eigenvalue weighted by molar-refractivity contribution is 6.34. The lowest BCUT2D eigenvalue weighted by atomic mass is 9.82. The number of phenolic OH excluding ortho intramolecular Hbond substituents is 1. The van der Waals surface area contributed by atoms with Crippen LogP contribution in [0.4, 0.5) is 0 Å². The topological polar surface area (TPSA) is 170 Å². The first-order valence-corrected chi connectivity index (χ1v) is 17.7. The number of carbonyl (C=O) groups is 3. The third-order valence-corrected chi connectivity index (χ3v) is 12.3. The molecule has 1 aromatic carbocycles. The molecule has 1 aliphatic carbocycles. The number of aromatic hydroxyl groups is 1. The van der Waals surface area contributed by atoms with Crippen molar-refractivity contribution in [1.29, 1.82) is 0 Å². The lowest BCUT2D eigenvalue weighted by Crippen LogP contribution is -2.53. The minimum absolute atomic E-state index is 0.0513. The quantitative estimate of drug-likeness (QED) is 0.272. The van der Waals surface area contributed by atoms with Crippen LogP contribution in [0.25, 0.3) is 0 Å². The van der Waals surface area contributed by atoms with Gasteiger partial charge in [0.1, 0.15) is 22.9 Å². The van der Waals surface area contributed by atoms with Crippen molar-refractivity contribution in [2.24, 2.45) is 22.7 Å². The molecule has 0 radical (unpaired) electrons. The maximum Gasteiger partial charge on any atom is 0.272 e. The molecule has 1 amide bonds. The predicted molar refractivity (Wildman–Crippen MR) is 185 cm³/mol. The molecule has 6 aliphatic heterocycles. The number of hydrogen-bond acceptors (Lipinski definition) is 11. The van der Waals surface area contributed by atoms with Gasteiger partial charge in [0, 0.05) is 66.3 Å². The molecular formula is C38H48N4O8. The molecule has 7 aliphatic rings. The number of ether oxygens (including phenoxy) is 2. The van der Waals surface area contributed by atoms with Gasteiger partial charge in [-0.1, -0.05) is 39.0 Å². The fourth-order valence-corrected chi connectivity index (χ4v) is 8.81. The zero-order valence-corrected chi connectivity index (χ0v) is 30.0. The van der Waals surface area contributed by atoms with E-state index in [9.17, 15) is 29.7 Å². The van der Waals surface area contributed by atoms with Gasteiger partial charge in [-0.3, -0.25) is 19.4 Å². The summed E-state index contributed by atoms with van der Waals surface area (Å²) < 4.78 is 12.7. The number of benzene rings is 1. The molecule has 1 aromatic rings. The number of piperidine rings is 1. The van der Waals surface area contributed by atoms with Gasteiger partial charge in [-0.15, -0.1) is 0 Å². The molecule has 5 N–H and O–H groups in total. The van der Waals surface area contributed by atoms with Crippen LogP contribution in [0.2, 0.25) is 0 Å². The standard InChI is InChI=1S/C38H48N4O8/c1-16-10-9-11-17(2)36(48)39-29-28-27(40-38(41-28)14-22-12-13-23(15-38)42(22)8)24-25(33(29)46)32(45)20(5)34-26(24)35(47)37(7,50-34)49-21(6)18(3)31(44)19(4)30(16)43/h9-11,16,18-19,21-23,30-31,41,43-45H,12-15H2,1-8H3,(H,39,48)/b10-9+,17-11-/t16-,18-,19+,21?,22?,23?,30-,31-,37-,38?/m0/s1. The van der Waals surface area contributed by atoms with E-state index in [1.165, 1.54) is 6.92 Å². The van der Waals surface area contributed by atoms with E-state index in [1.54, 1.807) is 52.8 Å². The van der Waals surface area contributed by atoms with Crippen LogP contribution in [-0.2, 0) is 9.53 Å². The van der Waals surface area contributed by atoms with Gasteiger partial charge in [0.05, 0.1) is 40.8 Å². The molecule has 268 valence electrons. The number of fused-ring (bicyclic) bond motifs is 12. The van der Waals surface area contributed by atoms with Crippen LogP contribution in [0.3, 0.4) is 0 Å². The zero-order chi connectivity index (χ0) is 36.2. The Morgan fingerprint density at radius 3 is 2.26 bits per heavy atom. The van der Waals surface area contributed by atoms with Crippen LogP contribution in [0.1, 0.15) is 99.1 Å². The maximum atomic E-state index is 14.6. The number of nitrogens with zero attached hydrogens (tertiary/aromatic N) is 2. The van der Waals surface area contributed by atoms with Crippen LogP contribution < -0.4 is 15.4 Å². The van der Waals surface area contributed by atoms with Gasteiger partial charge >= 0.3 is 0 Å². The summed E-state index contributed by atoms with van der Waals surface area (Å²) in [6.45, 7) is 11.8. The second-order valence-electron chi connectivity index (χ2n) is 15.5. The zero-order valence-electron chi connectivity index (χ0n) is 30.0. The van der Waals surface area contributed by atoms with Gasteiger partial charge in [0.2, 0.25) is 11.6 Å². The van der Waals surface area contributed by atoms with Crippen molar-refractivity contribution < 1.29 is 39.2 Å². The van der Waals surface area contributed by atoms with Crippen LogP contribution in [-0.4, -0.2) is 92.3 Å². The minimum Gasteiger partial charge on any atom is -0.507 e. The van der Waals surface area contributed by atoms with Gasteiger partial charge in [0.15, 0.2) is 0 Å². The molecule has 2 saturated heterocycles. The summed E-state index contributed by atoms with van der Waals surface area (Å²) in [5.74, 6) is -5.35. The van der Waals surface area contributed by atoms with Crippen molar-refractivity contribution in [3.63, 3.8) is 0 Å². The van der Waals surface area contributed by atoms with E-state index in [0.717, 1.165) is 12.8 Å². The summed E-state index contributed by atoms with van der Waals surface area (Å²) in [5.41, 5.74) is 0.378. The number of aliphatic imine (C=N–C) groups is 1. The molecule has 1 spiro atoms. The van der Waals surface area contributed by atoms with Crippen molar-refractivity contribution in [3.05, 3.63) is 57.4 Å². The Kier molecular flexibility index (Phi) is 8.21. The van der Waals surface area contributed by atoms with E-state index >= 15 is 0 Å². The number of nitrogens with one attached hydrogen (secondary N) is 2. The van der Waals surface area contributed by atoms with E-state index in [4.69, 9.17) is 14.5 Å². The smallest absolute Gasteiger partial charge is 0.272 e. The van der Waals surface area contributed by atoms with Crippen molar-refractivity contribution in [2.75, 3.05) is 7.05 Å². The highest BCUT2D eigenvalue weighted by Gasteiger charge is 2.56. The number of Topliss-reactive ketones (excluding diaryl/α,β-unsaturated/α-hetero) is 2. The Hall–Kier alpha value is -3.84. The molecule has 50 heavy (non-hydrogen) atoms. The van der Waals surface area contributed by atoms with Crippen molar-refractivity contribution in [1.82, 2.24) is 15.5 Å². The van der Waals surface area contributed by atoms with Gasteiger partial charge in [-0.2, -0.15) is 0 Å². The highest BCUT2D eigenvalue weighted by atomic mass is 16.7. The molecular weight excluding hydrogens is 640 g/mol. The first-order valence-electron chi connectivity index (χ1n) is 17.7. The SMILES string of the molecule is C/C1=C/C=C/[C@H](C)[C@H](O)[C@@H](C)[C@@H](O)[C@@H](C)C(C)O[C@@]2(C)Oc3c(C)c(O)c4c(c3C2=O)C2=NC3(CC5CCC(C3)N5C)NC2=C(NC1=O)C4=O. The molecule has 12 nitrogen and oxygen atoms in total. The van der Waals surface area contributed by atoms with E-state index in [2.05, 4.69) is 22.6 Å². The molecule has 2 fully saturated rings. The van der Waals surface area contributed by atoms with E-state index < -0.39 is 59.1 Å². The number of ketones is 2. The fraction of sp³-hybridized carbons (Fsp3) is 0.579. The molecule has 9 atom stereocenters. The number of amides is 1. The molecule has 0 saturated carbocycles. The van der Waals surface area contributed by atoms with Gasteiger partial charge in [0.25, 0.3) is 11.7 Å². The molecule has 3 unspecified atom stereocenters. The van der Waals surface area contributed by atoms with Crippen LogP contribution in [0.15, 0.2) is 40.2 Å². The number of aliphatic hydroxyl groups is 2. The third-order valence-electron chi connectivity index (χ3n) is 12.3. The summed E-state index contributed by atoms with van der Waals surface area (Å²) in [5, 5.41) is 40.5.